The highest BCUT2D eigenvalue weighted by atomic mass is 32.2. The van der Waals surface area contributed by atoms with Gasteiger partial charge < -0.3 is 0 Å². The number of aryl methyl sites for hydroxylation is 1. The third-order valence-corrected chi connectivity index (χ3v) is 6.21. The fourth-order valence-electron chi connectivity index (χ4n) is 3.18. The van der Waals surface area contributed by atoms with Crippen LogP contribution in [0.3, 0.4) is 0 Å². The van der Waals surface area contributed by atoms with Crippen molar-refractivity contribution >= 4 is 21.5 Å². The van der Waals surface area contributed by atoms with E-state index in [-0.39, 0.29) is 16.3 Å². The van der Waals surface area contributed by atoms with Crippen molar-refractivity contribution in [3.8, 4) is 22.6 Å². The lowest BCUT2D eigenvalue weighted by atomic mass is 10.1. The zero-order valence-corrected chi connectivity index (χ0v) is 17.4. The van der Waals surface area contributed by atoms with E-state index >= 15 is 0 Å². The van der Waals surface area contributed by atoms with Crippen LogP contribution in [0.4, 0.5) is 10.1 Å². The molecule has 0 bridgehead atoms. The highest BCUT2D eigenvalue weighted by Gasteiger charge is 2.20. The van der Waals surface area contributed by atoms with Crippen LogP contribution in [0, 0.1) is 12.7 Å². The monoisotopic (exact) mass is 450 g/mol. The fraction of sp³-hybridized carbons (Fsp3) is 0.0500. The van der Waals surface area contributed by atoms with Crippen molar-refractivity contribution in [1.29, 1.82) is 0 Å². The maximum Gasteiger partial charge on any atom is 0.261 e. The summed E-state index contributed by atoms with van der Waals surface area (Å²) in [5.41, 5.74) is 2.36. The summed E-state index contributed by atoms with van der Waals surface area (Å²) in [7, 11) is -4.03. The number of imidazole rings is 1. The summed E-state index contributed by atoms with van der Waals surface area (Å²) >= 11 is 0. The Morgan fingerprint density at radius 2 is 2.03 bits per heavy atom. The van der Waals surface area contributed by atoms with Crippen LogP contribution in [0.15, 0.2) is 66.0 Å². The van der Waals surface area contributed by atoms with Crippen molar-refractivity contribution in [1.82, 2.24) is 35.0 Å². The molecule has 0 radical (unpaired) electrons. The average molecular weight is 450 g/mol. The van der Waals surface area contributed by atoms with Crippen LogP contribution in [0.1, 0.15) is 5.56 Å². The van der Waals surface area contributed by atoms with Crippen LogP contribution in [0.2, 0.25) is 0 Å². The molecule has 0 aliphatic carbocycles. The van der Waals surface area contributed by atoms with Gasteiger partial charge in [-0.05, 0) is 48.0 Å². The Bertz CT molecular complexity index is 1510. The maximum absolute atomic E-state index is 14.2. The Labute approximate surface area is 181 Å². The minimum Gasteiger partial charge on any atom is -0.291 e. The average Bonchev–Trinajstić information content (AvgIpc) is 3.45. The summed E-state index contributed by atoms with van der Waals surface area (Å²) < 4.78 is 44.6. The summed E-state index contributed by atoms with van der Waals surface area (Å²) in [6.45, 7) is 1.78. The van der Waals surface area contributed by atoms with Gasteiger partial charge in [0.2, 0.25) is 11.6 Å². The molecule has 160 valence electrons. The van der Waals surface area contributed by atoms with E-state index in [4.69, 9.17) is 0 Å². The Balaban J connectivity index is 1.51. The van der Waals surface area contributed by atoms with Crippen LogP contribution < -0.4 is 4.72 Å². The molecule has 32 heavy (non-hydrogen) atoms. The second-order valence-electron chi connectivity index (χ2n) is 6.97. The first-order valence-corrected chi connectivity index (χ1v) is 10.9. The lowest BCUT2D eigenvalue weighted by molar-refractivity contribution is 0.600. The minimum absolute atomic E-state index is 0.0433. The number of hydrogen-bond acceptors (Lipinski definition) is 7. The number of sulfonamides is 1. The Morgan fingerprint density at radius 1 is 1.16 bits per heavy atom. The SMILES string of the molecule is Cc1ccc(-c2cn3cccnc3n2)cc1NS(=O)(=O)c1ccc(F)c(-c2nn[nH]n2)c1. The van der Waals surface area contributed by atoms with Crippen molar-refractivity contribution in [3.05, 3.63) is 72.4 Å². The van der Waals surface area contributed by atoms with E-state index in [0.29, 0.717) is 28.3 Å². The number of benzene rings is 2. The van der Waals surface area contributed by atoms with Gasteiger partial charge in [0, 0.05) is 24.2 Å². The molecule has 0 spiro atoms. The lowest BCUT2D eigenvalue weighted by Crippen LogP contribution is -2.14. The van der Waals surface area contributed by atoms with Crippen LogP contribution >= 0.6 is 0 Å². The molecule has 10 nitrogen and oxygen atoms in total. The summed E-state index contributed by atoms with van der Waals surface area (Å²) in [4.78, 5) is 8.53. The van der Waals surface area contributed by atoms with Gasteiger partial charge in [-0.3, -0.25) is 9.12 Å². The van der Waals surface area contributed by atoms with Crippen LogP contribution in [0.25, 0.3) is 28.4 Å². The molecular weight excluding hydrogens is 435 g/mol. The molecule has 2 N–H and O–H groups in total. The molecule has 12 heteroatoms. The van der Waals surface area contributed by atoms with E-state index in [1.807, 2.05) is 18.5 Å². The highest BCUT2D eigenvalue weighted by molar-refractivity contribution is 7.92. The largest absolute Gasteiger partial charge is 0.291 e. The predicted octanol–water partition coefficient (Wildman–Crippen LogP) is 2.82. The number of tetrazole rings is 1. The zero-order chi connectivity index (χ0) is 22.3. The lowest BCUT2D eigenvalue weighted by Gasteiger charge is -2.12. The Kier molecular flexibility index (Phi) is 4.63. The number of aromatic amines is 1. The first-order valence-electron chi connectivity index (χ1n) is 9.38. The molecule has 5 aromatic rings. The molecule has 0 atom stereocenters. The number of H-pyrrole nitrogens is 1. The number of aromatic nitrogens is 7. The van der Waals surface area contributed by atoms with E-state index in [1.165, 1.54) is 6.07 Å². The summed E-state index contributed by atoms with van der Waals surface area (Å²) in [5, 5.41) is 13.0. The van der Waals surface area contributed by atoms with Gasteiger partial charge in [-0.1, -0.05) is 12.1 Å². The van der Waals surface area contributed by atoms with Crippen molar-refractivity contribution in [2.24, 2.45) is 0 Å². The van der Waals surface area contributed by atoms with E-state index in [2.05, 4.69) is 35.3 Å². The Hall–Kier alpha value is -4.19. The molecule has 5 rings (SSSR count). The first kappa shape index (κ1) is 19.8. The van der Waals surface area contributed by atoms with Crippen molar-refractivity contribution in [2.45, 2.75) is 11.8 Å². The topological polar surface area (TPSA) is 131 Å². The van der Waals surface area contributed by atoms with Gasteiger partial charge in [0.05, 0.1) is 21.8 Å². The summed E-state index contributed by atoms with van der Waals surface area (Å²) in [6, 6.07) is 10.5. The molecule has 0 amide bonds. The first-order chi connectivity index (χ1) is 15.4. The second kappa shape index (κ2) is 7.50. The number of rotatable bonds is 5. The third kappa shape index (κ3) is 3.56. The van der Waals surface area contributed by atoms with Gasteiger partial charge in [0.15, 0.2) is 0 Å². The van der Waals surface area contributed by atoms with E-state index in [1.54, 1.807) is 35.7 Å². The molecular formula is C20H15FN8O2S. The van der Waals surface area contributed by atoms with Crippen molar-refractivity contribution in [3.63, 3.8) is 0 Å². The van der Waals surface area contributed by atoms with Gasteiger partial charge >= 0.3 is 0 Å². The van der Waals surface area contributed by atoms with Crippen molar-refractivity contribution in [2.75, 3.05) is 4.72 Å². The minimum atomic E-state index is -4.03. The van der Waals surface area contributed by atoms with Crippen molar-refractivity contribution < 1.29 is 12.8 Å². The van der Waals surface area contributed by atoms with Crippen LogP contribution in [-0.4, -0.2) is 43.4 Å². The van der Waals surface area contributed by atoms with Crippen LogP contribution in [0.5, 0.6) is 0 Å². The number of nitrogens with one attached hydrogen (secondary N) is 2. The standard InChI is InChI=1S/C20H15FN8O2S/c1-12-3-4-13(18-11-29-8-2-7-22-20(29)23-18)9-17(12)26-32(30,31)14-5-6-16(21)15(10-14)19-24-27-28-25-19/h2-11,26H,1H3,(H,24,25,27,28). The highest BCUT2D eigenvalue weighted by Crippen LogP contribution is 2.28. The smallest absolute Gasteiger partial charge is 0.261 e. The summed E-state index contributed by atoms with van der Waals surface area (Å²) in [6.07, 6.45) is 5.28. The molecule has 3 heterocycles. The molecule has 0 aliphatic rings. The maximum atomic E-state index is 14.2. The normalized spacial score (nSPS) is 11.7. The number of anilines is 1. The molecule has 0 aliphatic heterocycles. The molecule has 0 saturated heterocycles. The fourth-order valence-corrected chi connectivity index (χ4v) is 4.33. The van der Waals surface area contributed by atoms with Gasteiger partial charge in [0.1, 0.15) is 5.82 Å². The molecule has 0 unspecified atom stereocenters. The molecule has 0 saturated carbocycles. The van der Waals surface area contributed by atoms with E-state index < -0.39 is 15.8 Å². The molecule has 3 aromatic heterocycles. The Morgan fingerprint density at radius 3 is 2.81 bits per heavy atom. The predicted molar refractivity (Wildman–Crippen MR) is 114 cm³/mol. The summed E-state index contributed by atoms with van der Waals surface area (Å²) in [5.74, 6) is -0.173. The zero-order valence-electron chi connectivity index (χ0n) is 16.6. The van der Waals surface area contributed by atoms with E-state index in [0.717, 1.165) is 12.1 Å². The van der Waals surface area contributed by atoms with Crippen LogP contribution in [-0.2, 0) is 10.0 Å². The number of hydrogen-bond donors (Lipinski definition) is 2. The molecule has 2 aromatic carbocycles. The van der Waals surface area contributed by atoms with Gasteiger partial charge in [-0.15, -0.1) is 10.2 Å². The number of fused-ring (bicyclic) bond motifs is 1. The molecule has 0 fully saturated rings. The van der Waals surface area contributed by atoms with E-state index in [9.17, 15) is 12.8 Å². The van der Waals surface area contributed by atoms with Gasteiger partial charge in [0.25, 0.3) is 10.0 Å². The van der Waals surface area contributed by atoms with Gasteiger partial charge in [-0.2, -0.15) is 5.21 Å². The number of halogens is 1. The second-order valence-corrected chi connectivity index (χ2v) is 8.65. The third-order valence-electron chi connectivity index (χ3n) is 4.85. The number of nitrogens with zero attached hydrogens (tertiary/aromatic N) is 6. The van der Waals surface area contributed by atoms with Gasteiger partial charge in [-0.25, -0.2) is 22.8 Å². The quantitative estimate of drug-likeness (QED) is 0.421.